The van der Waals surface area contributed by atoms with Crippen LogP contribution in [0.3, 0.4) is 0 Å². The van der Waals surface area contributed by atoms with E-state index < -0.39 is 23.8 Å². The van der Waals surface area contributed by atoms with E-state index in [1.165, 1.54) is 33.9 Å². The molecular formula is C31H27F3N4O3. The summed E-state index contributed by atoms with van der Waals surface area (Å²) < 4.78 is 48.2. The molecule has 2 heterocycles. The molecule has 2 aromatic heterocycles. The van der Waals surface area contributed by atoms with Gasteiger partial charge in [0.1, 0.15) is 11.6 Å². The van der Waals surface area contributed by atoms with Gasteiger partial charge in [-0.25, -0.2) is 9.78 Å². The monoisotopic (exact) mass is 560 g/mol. The van der Waals surface area contributed by atoms with Crippen molar-refractivity contribution < 1.29 is 22.4 Å². The Labute approximate surface area is 233 Å². The number of carbonyl (C=O) groups is 1. The quantitative estimate of drug-likeness (QED) is 0.217. The molecule has 1 unspecified atom stereocenters. The van der Waals surface area contributed by atoms with Gasteiger partial charge in [0.2, 0.25) is 0 Å². The molecule has 0 bridgehead atoms. The van der Waals surface area contributed by atoms with E-state index in [9.17, 15) is 22.8 Å². The van der Waals surface area contributed by atoms with E-state index >= 15 is 0 Å². The number of furan rings is 1. The standard InChI is InChI=1S/C31H27F3N4O3/c1-2-27(28-35-25-16-8-6-14-23(25)29(39)38(28)19-21-11-4-3-5-12-21)37(20-22-13-10-18-41-22)30(40)36-26-17-9-7-15-24(26)31(32,33)34/h3-18,27H,2,19-20H2,1H3,(H,36,40). The summed E-state index contributed by atoms with van der Waals surface area (Å²) in [4.78, 5) is 33.8. The van der Waals surface area contributed by atoms with Gasteiger partial charge >= 0.3 is 12.2 Å². The van der Waals surface area contributed by atoms with Crippen LogP contribution >= 0.6 is 0 Å². The van der Waals surface area contributed by atoms with Crippen LogP contribution in [0.4, 0.5) is 23.7 Å². The van der Waals surface area contributed by atoms with Crippen LogP contribution in [0.1, 0.15) is 42.1 Å². The summed E-state index contributed by atoms with van der Waals surface area (Å²) >= 11 is 0. The lowest BCUT2D eigenvalue weighted by atomic mass is 10.1. The molecular weight excluding hydrogens is 533 g/mol. The first kappa shape index (κ1) is 27.7. The Morgan fingerprint density at radius 2 is 1.68 bits per heavy atom. The minimum Gasteiger partial charge on any atom is -0.467 e. The Morgan fingerprint density at radius 3 is 2.39 bits per heavy atom. The number of benzene rings is 3. The van der Waals surface area contributed by atoms with Crippen molar-refractivity contribution in [2.45, 2.75) is 38.7 Å². The zero-order chi connectivity index (χ0) is 29.0. The number of hydrogen-bond donors (Lipinski definition) is 1. The molecule has 0 aliphatic heterocycles. The summed E-state index contributed by atoms with van der Waals surface area (Å²) in [6.07, 6.45) is -2.91. The number of hydrogen-bond acceptors (Lipinski definition) is 4. The van der Waals surface area contributed by atoms with Crippen molar-refractivity contribution in [3.63, 3.8) is 0 Å². The number of alkyl halides is 3. The van der Waals surface area contributed by atoms with Crippen LogP contribution in [0.5, 0.6) is 0 Å². The van der Waals surface area contributed by atoms with Crippen molar-refractivity contribution in [2.75, 3.05) is 5.32 Å². The summed E-state index contributed by atoms with van der Waals surface area (Å²) in [6.45, 7) is 1.95. The maximum Gasteiger partial charge on any atom is 0.418 e. The van der Waals surface area contributed by atoms with Gasteiger partial charge in [0.05, 0.1) is 47.5 Å². The molecule has 0 fully saturated rings. The van der Waals surface area contributed by atoms with Crippen LogP contribution < -0.4 is 10.9 Å². The number of fused-ring (bicyclic) bond motifs is 1. The number of para-hydroxylation sites is 2. The number of halogens is 3. The fourth-order valence-electron chi connectivity index (χ4n) is 4.82. The average Bonchev–Trinajstić information content (AvgIpc) is 3.48. The number of nitrogens with one attached hydrogen (secondary N) is 1. The van der Waals surface area contributed by atoms with E-state index in [1.807, 2.05) is 37.3 Å². The van der Waals surface area contributed by atoms with Crippen LogP contribution in [0.25, 0.3) is 10.9 Å². The van der Waals surface area contributed by atoms with Crippen LogP contribution in [0, 0.1) is 0 Å². The van der Waals surface area contributed by atoms with Crippen molar-refractivity contribution >= 4 is 22.6 Å². The number of rotatable bonds is 8. The third kappa shape index (κ3) is 6.01. The summed E-state index contributed by atoms with van der Waals surface area (Å²) in [6, 6.07) is 22.8. The molecule has 0 aliphatic rings. The predicted molar refractivity (Wildman–Crippen MR) is 149 cm³/mol. The lowest BCUT2D eigenvalue weighted by molar-refractivity contribution is -0.136. The van der Waals surface area contributed by atoms with Gasteiger partial charge < -0.3 is 14.6 Å². The normalized spacial score (nSPS) is 12.3. The van der Waals surface area contributed by atoms with Crippen molar-refractivity contribution in [3.8, 4) is 0 Å². The van der Waals surface area contributed by atoms with Gasteiger partial charge in [-0.1, -0.05) is 61.5 Å². The molecule has 2 amide bonds. The van der Waals surface area contributed by atoms with Gasteiger partial charge in [0.25, 0.3) is 5.56 Å². The maximum atomic E-state index is 13.8. The molecule has 210 valence electrons. The van der Waals surface area contributed by atoms with E-state index in [-0.39, 0.29) is 24.3 Å². The SMILES string of the molecule is CCC(c1nc2ccccc2c(=O)n1Cc1ccccc1)N(Cc1ccco1)C(=O)Nc1ccccc1C(F)(F)F. The van der Waals surface area contributed by atoms with E-state index in [2.05, 4.69) is 5.32 Å². The van der Waals surface area contributed by atoms with Gasteiger partial charge in [0, 0.05) is 0 Å². The zero-order valence-corrected chi connectivity index (χ0v) is 22.1. The van der Waals surface area contributed by atoms with Gasteiger partial charge in [-0.15, -0.1) is 0 Å². The number of carbonyl (C=O) groups excluding carboxylic acids is 1. The molecule has 0 saturated heterocycles. The first-order valence-corrected chi connectivity index (χ1v) is 13.1. The second-order valence-corrected chi connectivity index (χ2v) is 9.47. The lowest BCUT2D eigenvalue weighted by Gasteiger charge is -2.32. The number of anilines is 1. The Hall–Kier alpha value is -4.86. The number of amides is 2. The molecule has 1 N–H and O–H groups in total. The Morgan fingerprint density at radius 1 is 0.976 bits per heavy atom. The molecule has 10 heteroatoms. The highest BCUT2D eigenvalue weighted by molar-refractivity contribution is 5.90. The second-order valence-electron chi connectivity index (χ2n) is 9.47. The highest BCUT2D eigenvalue weighted by Gasteiger charge is 2.35. The summed E-state index contributed by atoms with van der Waals surface area (Å²) in [7, 11) is 0. The summed E-state index contributed by atoms with van der Waals surface area (Å²) in [5.41, 5.74) is -0.324. The average molecular weight is 561 g/mol. The number of urea groups is 1. The van der Waals surface area contributed by atoms with Gasteiger partial charge in [-0.2, -0.15) is 13.2 Å². The Kier molecular flexibility index (Phi) is 7.91. The van der Waals surface area contributed by atoms with E-state index in [0.717, 1.165) is 11.6 Å². The van der Waals surface area contributed by atoms with E-state index in [0.29, 0.717) is 28.9 Å². The minimum absolute atomic E-state index is 0.0699. The van der Waals surface area contributed by atoms with Crippen LogP contribution in [-0.2, 0) is 19.3 Å². The largest absolute Gasteiger partial charge is 0.467 e. The summed E-state index contributed by atoms with van der Waals surface area (Å²) in [5, 5.41) is 2.86. The Balaban J connectivity index is 1.63. The van der Waals surface area contributed by atoms with Crippen molar-refractivity contribution in [3.05, 3.63) is 130 Å². The summed E-state index contributed by atoms with van der Waals surface area (Å²) in [5.74, 6) is 0.728. The predicted octanol–water partition coefficient (Wildman–Crippen LogP) is 7.24. The first-order chi connectivity index (χ1) is 19.8. The maximum absolute atomic E-state index is 13.8. The fourth-order valence-corrected chi connectivity index (χ4v) is 4.82. The van der Waals surface area contributed by atoms with Gasteiger partial charge in [0.15, 0.2) is 0 Å². The lowest BCUT2D eigenvalue weighted by Crippen LogP contribution is -2.41. The number of aromatic nitrogens is 2. The third-order valence-corrected chi connectivity index (χ3v) is 6.78. The minimum atomic E-state index is -4.67. The number of nitrogens with zero attached hydrogens (tertiary/aromatic N) is 3. The van der Waals surface area contributed by atoms with Crippen molar-refractivity contribution in [1.29, 1.82) is 0 Å². The third-order valence-electron chi connectivity index (χ3n) is 6.78. The molecule has 1 atom stereocenters. The van der Waals surface area contributed by atoms with Crippen LogP contribution in [0.15, 0.2) is 106 Å². The molecule has 0 radical (unpaired) electrons. The second kappa shape index (κ2) is 11.7. The van der Waals surface area contributed by atoms with Gasteiger partial charge in [-0.3, -0.25) is 9.36 Å². The fraction of sp³-hybridized carbons (Fsp3) is 0.194. The highest BCUT2D eigenvalue weighted by Crippen LogP contribution is 2.35. The molecule has 7 nitrogen and oxygen atoms in total. The van der Waals surface area contributed by atoms with E-state index in [1.54, 1.807) is 36.4 Å². The smallest absolute Gasteiger partial charge is 0.418 e. The molecule has 5 aromatic rings. The van der Waals surface area contributed by atoms with Crippen LogP contribution in [0.2, 0.25) is 0 Å². The van der Waals surface area contributed by atoms with Gasteiger partial charge in [-0.05, 0) is 48.4 Å². The van der Waals surface area contributed by atoms with Crippen molar-refractivity contribution in [1.82, 2.24) is 14.5 Å². The Bertz CT molecular complexity index is 1700. The molecule has 0 saturated carbocycles. The molecule has 41 heavy (non-hydrogen) atoms. The topological polar surface area (TPSA) is 80.4 Å². The van der Waals surface area contributed by atoms with E-state index in [4.69, 9.17) is 9.40 Å². The highest BCUT2D eigenvalue weighted by atomic mass is 19.4. The molecule has 0 aliphatic carbocycles. The van der Waals surface area contributed by atoms with Crippen molar-refractivity contribution in [2.24, 2.45) is 0 Å². The molecule has 5 rings (SSSR count). The first-order valence-electron chi connectivity index (χ1n) is 13.1. The van der Waals surface area contributed by atoms with Crippen LogP contribution in [-0.4, -0.2) is 20.5 Å². The zero-order valence-electron chi connectivity index (χ0n) is 22.1. The molecule has 3 aromatic carbocycles. The molecule has 0 spiro atoms.